The third-order valence-corrected chi connectivity index (χ3v) is 4.35. The maximum Gasteiger partial charge on any atom is 0.141 e. The van der Waals surface area contributed by atoms with Crippen molar-refractivity contribution in [3.05, 3.63) is 11.3 Å². The molecular formula is C19H37N3. The summed E-state index contributed by atoms with van der Waals surface area (Å²) in [6.45, 7) is 22.1. The molecule has 0 radical (unpaired) electrons. The molecule has 3 nitrogen and oxygen atoms in total. The van der Waals surface area contributed by atoms with Gasteiger partial charge in [0.05, 0.1) is 6.54 Å². The van der Waals surface area contributed by atoms with E-state index >= 15 is 0 Å². The van der Waals surface area contributed by atoms with Gasteiger partial charge < -0.3 is 0 Å². The fourth-order valence-electron chi connectivity index (χ4n) is 3.14. The van der Waals surface area contributed by atoms with Crippen LogP contribution in [-0.4, -0.2) is 37.1 Å². The number of nitrogens with zero attached hydrogens (tertiary/aromatic N) is 3. The van der Waals surface area contributed by atoms with Crippen molar-refractivity contribution in [1.82, 2.24) is 4.90 Å². The number of aliphatic imine (C=N–C) groups is 2. The third kappa shape index (κ3) is 6.87. The first-order valence-corrected chi connectivity index (χ1v) is 8.92. The summed E-state index contributed by atoms with van der Waals surface area (Å²) in [6.07, 6.45) is 3.64. The largest absolute Gasteiger partial charge is 0.296 e. The normalized spacial score (nSPS) is 15.2. The van der Waals surface area contributed by atoms with Gasteiger partial charge in [0.25, 0.3) is 0 Å². The summed E-state index contributed by atoms with van der Waals surface area (Å²) >= 11 is 0. The molecule has 0 spiro atoms. The van der Waals surface area contributed by atoms with Crippen LogP contribution in [0.15, 0.2) is 21.3 Å². The Kier molecular flexibility index (Phi) is 11.1. The molecule has 0 aliphatic rings. The van der Waals surface area contributed by atoms with E-state index in [0.717, 1.165) is 31.2 Å². The molecule has 128 valence electrons. The zero-order valence-electron chi connectivity index (χ0n) is 15.9. The first kappa shape index (κ1) is 21.0. The quantitative estimate of drug-likeness (QED) is 0.403. The second-order valence-corrected chi connectivity index (χ2v) is 6.24. The van der Waals surface area contributed by atoms with Gasteiger partial charge in [-0.3, -0.25) is 4.90 Å². The Hall–Kier alpha value is -0.960. The Labute approximate surface area is 138 Å². The van der Waals surface area contributed by atoms with E-state index in [1.54, 1.807) is 0 Å². The molecule has 0 bridgehead atoms. The van der Waals surface area contributed by atoms with Crippen LogP contribution in [0.1, 0.15) is 67.7 Å². The van der Waals surface area contributed by atoms with Gasteiger partial charge in [-0.25, -0.2) is 9.98 Å². The molecule has 3 heteroatoms. The van der Waals surface area contributed by atoms with Crippen molar-refractivity contribution in [3.8, 4) is 0 Å². The van der Waals surface area contributed by atoms with Crippen molar-refractivity contribution in [2.75, 3.05) is 19.6 Å². The smallest absolute Gasteiger partial charge is 0.141 e. The van der Waals surface area contributed by atoms with E-state index in [2.05, 4.69) is 65.1 Å². The molecule has 0 aliphatic heterocycles. The first-order chi connectivity index (χ1) is 10.4. The number of hydrogen-bond acceptors (Lipinski definition) is 2. The van der Waals surface area contributed by atoms with Crippen molar-refractivity contribution < 1.29 is 0 Å². The lowest BCUT2D eigenvalue weighted by molar-refractivity contribution is 0.346. The average Bonchev–Trinajstić information content (AvgIpc) is 2.50. The van der Waals surface area contributed by atoms with Gasteiger partial charge in [-0.2, -0.15) is 0 Å². The van der Waals surface area contributed by atoms with Gasteiger partial charge in [0.1, 0.15) is 5.84 Å². The fraction of sp³-hybridized carbons (Fsp3) is 0.789. The van der Waals surface area contributed by atoms with Crippen LogP contribution in [0, 0.1) is 11.8 Å². The molecule has 0 fully saturated rings. The molecule has 0 aliphatic carbocycles. The minimum Gasteiger partial charge on any atom is -0.296 e. The van der Waals surface area contributed by atoms with Crippen LogP contribution in [0.2, 0.25) is 0 Å². The Morgan fingerprint density at radius 2 is 1.68 bits per heavy atom. The van der Waals surface area contributed by atoms with Crippen molar-refractivity contribution >= 4 is 12.6 Å². The summed E-state index contributed by atoms with van der Waals surface area (Å²) in [4.78, 5) is 11.3. The van der Waals surface area contributed by atoms with E-state index in [-0.39, 0.29) is 0 Å². The molecule has 0 saturated carbocycles. The van der Waals surface area contributed by atoms with Gasteiger partial charge in [0, 0.05) is 5.70 Å². The Morgan fingerprint density at radius 1 is 1.09 bits per heavy atom. The van der Waals surface area contributed by atoms with Crippen LogP contribution < -0.4 is 0 Å². The lowest BCUT2D eigenvalue weighted by Gasteiger charge is -2.24. The van der Waals surface area contributed by atoms with Gasteiger partial charge in [-0.05, 0) is 57.0 Å². The molecule has 0 N–H and O–H groups in total. The summed E-state index contributed by atoms with van der Waals surface area (Å²) in [7, 11) is 0. The second kappa shape index (κ2) is 11.6. The number of hydrogen-bond donors (Lipinski definition) is 0. The fourth-order valence-corrected chi connectivity index (χ4v) is 3.14. The van der Waals surface area contributed by atoms with Crippen molar-refractivity contribution in [2.45, 2.75) is 67.7 Å². The van der Waals surface area contributed by atoms with E-state index in [1.165, 1.54) is 24.8 Å². The highest BCUT2D eigenvalue weighted by Crippen LogP contribution is 2.30. The molecule has 22 heavy (non-hydrogen) atoms. The van der Waals surface area contributed by atoms with Crippen LogP contribution in [0.4, 0.5) is 0 Å². The Morgan fingerprint density at radius 3 is 2.05 bits per heavy atom. The second-order valence-electron chi connectivity index (χ2n) is 6.24. The average molecular weight is 308 g/mol. The molecule has 1 atom stereocenters. The number of allylic oxidation sites excluding steroid dienone is 2. The predicted molar refractivity (Wildman–Crippen MR) is 101 cm³/mol. The molecule has 1 unspecified atom stereocenters. The zero-order chi connectivity index (χ0) is 17.1. The lowest BCUT2D eigenvalue weighted by atomic mass is 9.84. The topological polar surface area (TPSA) is 28.0 Å². The first-order valence-electron chi connectivity index (χ1n) is 8.92. The van der Waals surface area contributed by atoms with E-state index < -0.39 is 0 Å². The molecule has 0 rings (SSSR count). The highest BCUT2D eigenvalue weighted by Gasteiger charge is 2.18. The van der Waals surface area contributed by atoms with Crippen molar-refractivity contribution in [2.24, 2.45) is 21.8 Å². The van der Waals surface area contributed by atoms with Crippen LogP contribution >= 0.6 is 0 Å². The van der Waals surface area contributed by atoms with E-state index in [4.69, 9.17) is 4.99 Å². The summed E-state index contributed by atoms with van der Waals surface area (Å²) < 4.78 is 0. The minimum atomic E-state index is 0.528. The summed E-state index contributed by atoms with van der Waals surface area (Å²) in [5, 5.41) is 0. The lowest BCUT2D eigenvalue weighted by Crippen LogP contribution is -2.28. The van der Waals surface area contributed by atoms with Crippen molar-refractivity contribution in [3.63, 3.8) is 0 Å². The van der Waals surface area contributed by atoms with E-state index in [0.29, 0.717) is 11.8 Å². The van der Waals surface area contributed by atoms with Crippen LogP contribution in [0.25, 0.3) is 0 Å². The molecular weight excluding hydrogens is 270 g/mol. The molecule has 0 aromatic carbocycles. The van der Waals surface area contributed by atoms with Crippen LogP contribution in [0.3, 0.4) is 0 Å². The molecule has 0 saturated heterocycles. The molecule has 0 heterocycles. The standard InChI is InChI=1S/C19H37N3/c1-9-13-17(10-2)19(15(5)6)16(7)21-18(20-8)14-22(11-3)12-4/h15,17H,8-14H2,1-7H3/b19-16-,21-18?. The van der Waals surface area contributed by atoms with Crippen molar-refractivity contribution in [1.29, 1.82) is 0 Å². The number of amidine groups is 1. The maximum absolute atomic E-state index is 4.83. The summed E-state index contributed by atoms with van der Waals surface area (Å²) in [5.74, 6) is 2.00. The number of rotatable bonds is 10. The van der Waals surface area contributed by atoms with Gasteiger partial charge in [-0.15, -0.1) is 0 Å². The monoisotopic (exact) mass is 307 g/mol. The zero-order valence-corrected chi connectivity index (χ0v) is 15.9. The number of likely N-dealkylation sites (N-methyl/N-ethyl adjacent to an activating group) is 1. The Bertz CT molecular complexity index is 376. The Balaban J connectivity index is 5.50. The summed E-state index contributed by atoms with van der Waals surface area (Å²) in [5.41, 5.74) is 2.63. The molecule has 0 aromatic heterocycles. The highest BCUT2D eigenvalue weighted by atomic mass is 15.1. The molecule has 0 aromatic rings. The van der Waals surface area contributed by atoms with Gasteiger partial charge >= 0.3 is 0 Å². The third-order valence-electron chi connectivity index (χ3n) is 4.35. The van der Waals surface area contributed by atoms with Crippen LogP contribution in [0.5, 0.6) is 0 Å². The SMILES string of the molecule is C=NC(CN(CC)CC)=N/C(C)=C(/C(C)C)C(CC)CCC. The van der Waals surface area contributed by atoms with Gasteiger partial charge in [0.15, 0.2) is 0 Å². The van der Waals surface area contributed by atoms with Gasteiger partial charge in [0.2, 0.25) is 0 Å². The van der Waals surface area contributed by atoms with E-state index in [1.807, 2.05) is 0 Å². The van der Waals surface area contributed by atoms with E-state index in [9.17, 15) is 0 Å². The van der Waals surface area contributed by atoms with Crippen LogP contribution in [-0.2, 0) is 0 Å². The predicted octanol–water partition coefficient (Wildman–Crippen LogP) is 5.18. The van der Waals surface area contributed by atoms with Gasteiger partial charge in [-0.1, -0.05) is 48.0 Å². The highest BCUT2D eigenvalue weighted by molar-refractivity contribution is 5.88. The summed E-state index contributed by atoms with van der Waals surface area (Å²) in [6, 6.07) is 0. The maximum atomic E-state index is 4.83. The minimum absolute atomic E-state index is 0.528. The molecule has 0 amide bonds.